The highest BCUT2D eigenvalue weighted by Crippen LogP contribution is 2.06. The molecule has 0 bridgehead atoms. The molecule has 1 amide bonds. The fourth-order valence-electron chi connectivity index (χ4n) is 1.31. The Hall–Kier alpha value is -0.660. The topological polar surface area (TPSA) is 47.6 Å². The number of halogens is 1. The van der Waals surface area contributed by atoms with E-state index in [1.807, 2.05) is 12.1 Å². The monoisotopic (exact) mass is 349 g/mol. The number of carbonyl (C=O) groups is 1. The molecule has 0 aromatic heterocycles. The van der Waals surface area contributed by atoms with E-state index in [9.17, 15) is 4.79 Å². The van der Waals surface area contributed by atoms with Gasteiger partial charge >= 0.3 is 0 Å². The molecular formula is C12H16INO3. The molecule has 0 saturated heterocycles. The van der Waals surface area contributed by atoms with Crippen LogP contribution in [0.5, 0.6) is 0 Å². The first-order chi connectivity index (χ1) is 8.17. The van der Waals surface area contributed by atoms with E-state index < -0.39 is 0 Å². The van der Waals surface area contributed by atoms with Crippen LogP contribution in [0, 0.1) is 3.57 Å². The summed E-state index contributed by atoms with van der Waals surface area (Å²) in [4.78, 5) is 11.8. The average molecular weight is 349 g/mol. The van der Waals surface area contributed by atoms with E-state index in [4.69, 9.17) is 9.47 Å². The number of methoxy groups -OCH3 is 2. The fourth-order valence-corrected chi connectivity index (χ4v) is 1.67. The molecule has 1 rings (SSSR count). The van der Waals surface area contributed by atoms with E-state index in [1.54, 1.807) is 26.4 Å². The molecule has 1 unspecified atom stereocenters. The van der Waals surface area contributed by atoms with Crippen molar-refractivity contribution in [3.8, 4) is 0 Å². The van der Waals surface area contributed by atoms with Crippen molar-refractivity contribution >= 4 is 28.5 Å². The smallest absolute Gasteiger partial charge is 0.251 e. The lowest BCUT2D eigenvalue weighted by molar-refractivity contribution is 0.0285. The van der Waals surface area contributed by atoms with Gasteiger partial charge in [-0.05, 0) is 46.9 Å². The summed E-state index contributed by atoms with van der Waals surface area (Å²) in [6.07, 6.45) is -0.118. The van der Waals surface area contributed by atoms with Crippen molar-refractivity contribution in [3.05, 3.63) is 33.4 Å². The first kappa shape index (κ1) is 14.4. The van der Waals surface area contributed by atoms with Gasteiger partial charge in [0.05, 0.1) is 12.7 Å². The van der Waals surface area contributed by atoms with Gasteiger partial charge in [0.25, 0.3) is 5.91 Å². The molecule has 0 radical (unpaired) electrons. The van der Waals surface area contributed by atoms with Crippen molar-refractivity contribution in [2.75, 3.05) is 27.4 Å². The Labute approximate surface area is 115 Å². The summed E-state index contributed by atoms with van der Waals surface area (Å²) in [7, 11) is 3.20. The van der Waals surface area contributed by atoms with Crippen LogP contribution in [0.4, 0.5) is 0 Å². The van der Waals surface area contributed by atoms with Crippen LogP contribution < -0.4 is 5.32 Å². The van der Waals surface area contributed by atoms with Gasteiger partial charge in [0.2, 0.25) is 0 Å². The molecule has 0 heterocycles. The lowest BCUT2D eigenvalue weighted by Gasteiger charge is -2.14. The number of ether oxygens (including phenoxy) is 2. The molecule has 0 saturated carbocycles. The number of hydrogen-bond acceptors (Lipinski definition) is 3. The van der Waals surface area contributed by atoms with Gasteiger partial charge in [-0.25, -0.2) is 0 Å². The molecule has 4 nitrogen and oxygen atoms in total. The van der Waals surface area contributed by atoms with Crippen molar-refractivity contribution in [1.82, 2.24) is 5.32 Å². The minimum Gasteiger partial charge on any atom is -0.382 e. The predicted octanol–water partition coefficient (Wildman–Crippen LogP) is 1.68. The van der Waals surface area contributed by atoms with Gasteiger partial charge in [0, 0.05) is 29.9 Å². The van der Waals surface area contributed by atoms with Gasteiger partial charge in [-0.15, -0.1) is 0 Å². The Bertz CT molecular complexity index is 353. The molecule has 1 aromatic rings. The van der Waals surface area contributed by atoms with E-state index in [-0.39, 0.29) is 12.0 Å². The van der Waals surface area contributed by atoms with Crippen LogP contribution in [-0.2, 0) is 9.47 Å². The van der Waals surface area contributed by atoms with Crippen molar-refractivity contribution in [1.29, 1.82) is 0 Å². The Kier molecular flexibility index (Phi) is 6.46. The third-order valence-electron chi connectivity index (χ3n) is 2.28. The number of benzene rings is 1. The number of carbonyl (C=O) groups excluding carboxylic acids is 1. The number of rotatable bonds is 6. The molecule has 0 fully saturated rings. The maximum Gasteiger partial charge on any atom is 0.251 e. The van der Waals surface area contributed by atoms with Crippen LogP contribution in [0.3, 0.4) is 0 Å². The van der Waals surface area contributed by atoms with Crippen molar-refractivity contribution in [2.45, 2.75) is 6.10 Å². The van der Waals surface area contributed by atoms with Crippen LogP contribution >= 0.6 is 22.6 Å². The van der Waals surface area contributed by atoms with Crippen LogP contribution in [0.2, 0.25) is 0 Å². The van der Waals surface area contributed by atoms with Crippen molar-refractivity contribution in [2.24, 2.45) is 0 Å². The predicted molar refractivity (Wildman–Crippen MR) is 74.2 cm³/mol. The molecule has 1 atom stereocenters. The average Bonchev–Trinajstić information content (AvgIpc) is 2.35. The second kappa shape index (κ2) is 7.62. The second-order valence-corrected chi connectivity index (χ2v) is 4.78. The van der Waals surface area contributed by atoms with E-state index in [0.29, 0.717) is 18.7 Å². The molecule has 0 aliphatic rings. The van der Waals surface area contributed by atoms with Crippen LogP contribution in [0.15, 0.2) is 24.3 Å². The van der Waals surface area contributed by atoms with Crippen molar-refractivity contribution < 1.29 is 14.3 Å². The summed E-state index contributed by atoms with van der Waals surface area (Å²) in [5.41, 5.74) is 0.651. The molecule has 1 aromatic carbocycles. The van der Waals surface area contributed by atoms with Gasteiger partial charge in [-0.3, -0.25) is 4.79 Å². The molecule has 0 aliphatic heterocycles. The number of nitrogens with one attached hydrogen (secondary N) is 1. The van der Waals surface area contributed by atoms with Gasteiger partial charge in [-0.1, -0.05) is 0 Å². The van der Waals surface area contributed by atoms with Gasteiger partial charge in [0.1, 0.15) is 0 Å². The molecule has 5 heteroatoms. The highest BCUT2D eigenvalue weighted by molar-refractivity contribution is 14.1. The fraction of sp³-hybridized carbons (Fsp3) is 0.417. The summed E-state index contributed by atoms with van der Waals surface area (Å²) < 4.78 is 11.2. The third-order valence-corrected chi connectivity index (χ3v) is 3.00. The highest BCUT2D eigenvalue weighted by Gasteiger charge is 2.10. The number of amides is 1. The maximum absolute atomic E-state index is 11.8. The first-order valence-electron chi connectivity index (χ1n) is 5.23. The lowest BCUT2D eigenvalue weighted by Crippen LogP contribution is -2.35. The number of hydrogen-bond donors (Lipinski definition) is 1. The Morgan fingerprint density at radius 3 is 2.53 bits per heavy atom. The summed E-state index contributed by atoms with van der Waals surface area (Å²) in [5, 5.41) is 2.81. The van der Waals surface area contributed by atoms with E-state index in [1.165, 1.54) is 0 Å². The third kappa shape index (κ3) is 5.01. The molecule has 0 aliphatic carbocycles. The standard InChI is InChI=1S/C12H16INO3/c1-16-8-11(17-2)7-14-12(15)9-3-5-10(13)6-4-9/h3-6,11H,7-8H2,1-2H3,(H,14,15). The molecule has 1 N–H and O–H groups in total. The summed E-state index contributed by atoms with van der Waals surface area (Å²) in [6.45, 7) is 0.901. The van der Waals surface area contributed by atoms with E-state index in [2.05, 4.69) is 27.9 Å². The maximum atomic E-state index is 11.8. The van der Waals surface area contributed by atoms with Gasteiger partial charge in [-0.2, -0.15) is 0 Å². The van der Waals surface area contributed by atoms with Gasteiger partial charge in [0.15, 0.2) is 0 Å². The van der Waals surface area contributed by atoms with Crippen LogP contribution in [0.25, 0.3) is 0 Å². The molecule has 0 spiro atoms. The minimum absolute atomic E-state index is 0.0976. The van der Waals surface area contributed by atoms with Crippen molar-refractivity contribution in [3.63, 3.8) is 0 Å². The van der Waals surface area contributed by atoms with E-state index >= 15 is 0 Å². The summed E-state index contributed by atoms with van der Waals surface area (Å²) in [5.74, 6) is -0.0976. The van der Waals surface area contributed by atoms with Crippen LogP contribution in [0.1, 0.15) is 10.4 Å². The zero-order chi connectivity index (χ0) is 12.7. The largest absolute Gasteiger partial charge is 0.382 e. The second-order valence-electron chi connectivity index (χ2n) is 3.53. The Morgan fingerprint density at radius 1 is 1.35 bits per heavy atom. The molecule has 94 valence electrons. The quantitative estimate of drug-likeness (QED) is 0.795. The lowest BCUT2D eigenvalue weighted by atomic mass is 10.2. The highest BCUT2D eigenvalue weighted by atomic mass is 127. The summed E-state index contributed by atoms with van der Waals surface area (Å²) in [6, 6.07) is 7.40. The minimum atomic E-state index is -0.118. The Balaban J connectivity index is 2.46. The molecular weight excluding hydrogens is 333 g/mol. The van der Waals surface area contributed by atoms with Gasteiger partial charge < -0.3 is 14.8 Å². The molecule has 17 heavy (non-hydrogen) atoms. The summed E-state index contributed by atoms with van der Waals surface area (Å²) >= 11 is 2.20. The zero-order valence-corrected chi connectivity index (χ0v) is 12.1. The van der Waals surface area contributed by atoms with E-state index in [0.717, 1.165) is 3.57 Å². The Morgan fingerprint density at radius 2 is 2.00 bits per heavy atom. The SMILES string of the molecule is COCC(CNC(=O)c1ccc(I)cc1)OC. The van der Waals surface area contributed by atoms with Crippen LogP contribution in [-0.4, -0.2) is 39.4 Å². The first-order valence-corrected chi connectivity index (χ1v) is 6.30. The normalized spacial score (nSPS) is 12.2. The zero-order valence-electron chi connectivity index (χ0n) is 9.90.